The van der Waals surface area contributed by atoms with Crippen molar-refractivity contribution in [3.8, 4) is 11.1 Å². The molecule has 4 aromatic rings. The molecule has 0 spiro atoms. The van der Waals surface area contributed by atoms with E-state index in [1.165, 1.54) is 48.9 Å². The van der Waals surface area contributed by atoms with E-state index < -0.39 is 0 Å². The third-order valence-corrected chi connectivity index (χ3v) is 9.23. The average Bonchev–Trinajstić information content (AvgIpc) is 3.33. The van der Waals surface area contributed by atoms with Crippen LogP contribution in [-0.4, -0.2) is 0 Å². The van der Waals surface area contributed by atoms with Gasteiger partial charge in [-0.05, 0) is 120 Å². The van der Waals surface area contributed by atoms with E-state index in [9.17, 15) is 0 Å². The predicted octanol–water partition coefficient (Wildman–Crippen LogP) is 9.55. The Hall–Kier alpha value is -3.03. The molecule has 2 unspecified atom stereocenters. The van der Waals surface area contributed by atoms with E-state index in [4.69, 9.17) is 11.6 Å². The van der Waals surface area contributed by atoms with Crippen molar-refractivity contribution in [2.45, 2.75) is 37.5 Å². The molecule has 4 bridgehead atoms. The number of halogens is 1. The van der Waals surface area contributed by atoms with E-state index in [2.05, 4.69) is 95.9 Å². The van der Waals surface area contributed by atoms with Crippen LogP contribution in [0.1, 0.15) is 37.7 Å². The van der Waals surface area contributed by atoms with Gasteiger partial charge >= 0.3 is 0 Å². The van der Waals surface area contributed by atoms with Crippen molar-refractivity contribution >= 4 is 28.7 Å². The number of hydrogen-bond donors (Lipinski definition) is 0. The molecule has 2 atom stereocenters. The highest BCUT2D eigenvalue weighted by Crippen LogP contribution is 2.64. The first-order valence-corrected chi connectivity index (χ1v) is 13.4. The molecule has 8 rings (SSSR count). The Morgan fingerprint density at radius 1 is 0.571 bits per heavy atom. The van der Waals surface area contributed by atoms with Gasteiger partial charge in [-0.25, -0.2) is 0 Å². The van der Waals surface area contributed by atoms with Crippen LogP contribution < -0.4 is 4.90 Å². The molecule has 0 amide bonds. The molecule has 35 heavy (non-hydrogen) atoms. The Morgan fingerprint density at radius 3 is 1.66 bits per heavy atom. The fourth-order valence-corrected chi connectivity index (χ4v) is 7.72. The average molecular weight is 476 g/mol. The summed E-state index contributed by atoms with van der Waals surface area (Å²) in [5.74, 6) is 2.95. The van der Waals surface area contributed by atoms with Crippen molar-refractivity contribution in [3.05, 3.63) is 114 Å². The fraction of sp³-hybridized carbons (Fsp3) is 0.273. The summed E-state index contributed by atoms with van der Waals surface area (Å²) in [5, 5.41) is 0.759. The molecule has 4 fully saturated rings. The minimum atomic E-state index is 0.442. The lowest BCUT2D eigenvalue weighted by Crippen LogP contribution is -2.31. The Labute approximate surface area is 213 Å². The monoisotopic (exact) mass is 475 g/mol. The van der Waals surface area contributed by atoms with E-state index in [1.807, 2.05) is 12.1 Å². The first-order chi connectivity index (χ1) is 17.2. The van der Waals surface area contributed by atoms with Crippen LogP contribution in [0, 0.1) is 17.8 Å². The molecule has 2 heteroatoms. The highest BCUT2D eigenvalue weighted by molar-refractivity contribution is 6.30. The lowest BCUT2D eigenvalue weighted by atomic mass is 9.66. The molecule has 1 nitrogen and oxygen atoms in total. The molecular formula is C33H30ClN. The second-order valence-electron chi connectivity index (χ2n) is 11.0. The molecule has 4 aliphatic carbocycles. The predicted molar refractivity (Wildman–Crippen MR) is 147 cm³/mol. The SMILES string of the molecule is Clc1ccc(N(c2ccc(-c3ccccc3)cc2)c2ccc(C34CC5CC(C3)C(C5)C4)cc2)cc1. The molecule has 0 aliphatic heterocycles. The van der Waals surface area contributed by atoms with Crippen LogP contribution in [0.3, 0.4) is 0 Å². The molecule has 4 aromatic carbocycles. The second-order valence-corrected chi connectivity index (χ2v) is 11.5. The molecule has 4 aliphatic rings. The maximum absolute atomic E-state index is 6.24. The topological polar surface area (TPSA) is 3.24 Å². The largest absolute Gasteiger partial charge is 0.311 e. The number of hydrogen-bond acceptors (Lipinski definition) is 1. The van der Waals surface area contributed by atoms with Crippen LogP contribution in [0.4, 0.5) is 17.1 Å². The molecule has 0 heterocycles. The van der Waals surface area contributed by atoms with Crippen molar-refractivity contribution in [2.24, 2.45) is 17.8 Å². The lowest BCUT2D eigenvalue weighted by Gasteiger charge is -2.39. The Kier molecular flexibility index (Phi) is 5.03. The van der Waals surface area contributed by atoms with Gasteiger partial charge in [0.1, 0.15) is 0 Å². The van der Waals surface area contributed by atoms with E-state index >= 15 is 0 Å². The molecule has 0 N–H and O–H groups in total. The van der Waals surface area contributed by atoms with E-state index in [-0.39, 0.29) is 0 Å². The lowest BCUT2D eigenvalue weighted by molar-refractivity contribution is 0.229. The summed E-state index contributed by atoms with van der Waals surface area (Å²) in [6, 6.07) is 37.1. The van der Waals surface area contributed by atoms with Crippen molar-refractivity contribution in [3.63, 3.8) is 0 Å². The second kappa shape index (κ2) is 8.28. The van der Waals surface area contributed by atoms with Crippen LogP contribution in [-0.2, 0) is 5.41 Å². The summed E-state index contributed by atoms with van der Waals surface area (Å²) in [4.78, 5) is 2.34. The number of rotatable bonds is 5. The number of benzene rings is 4. The Bertz CT molecular complexity index is 1310. The zero-order chi connectivity index (χ0) is 23.4. The number of anilines is 3. The van der Waals surface area contributed by atoms with Crippen LogP contribution >= 0.6 is 11.6 Å². The minimum absolute atomic E-state index is 0.442. The van der Waals surface area contributed by atoms with Gasteiger partial charge in [-0.15, -0.1) is 0 Å². The van der Waals surface area contributed by atoms with Crippen LogP contribution in [0.5, 0.6) is 0 Å². The third-order valence-electron chi connectivity index (χ3n) is 8.98. The van der Waals surface area contributed by atoms with E-state index in [1.54, 1.807) is 5.56 Å². The van der Waals surface area contributed by atoms with Gasteiger partial charge in [-0.2, -0.15) is 0 Å². The van der Waals surface area contributed by atoms with Gasteiger partial charge in [0.25, 0.3) is 0 Å². The summed E-state index contributed by atoms with van der Waals surface area (Å²) in [6.45, 7) is 0. The van der Waals surface area contributed by atoms with Crippen molar-refractivity contribution in [1.82, 2.24) is 0 Å². The van der Waals surface area contributed by atoms with Gasteiger partial charge in [0, 0.05) is 22.1 Å². The normalized spacial score (nSPS) is 26.3. The van der Waals surface area contributed by atoms with Crippen LogP contribution in [0.2, 0.25) is 5.02 Å². The Balaban J connectivity index is 1.24. The first-order valence-electron chi connectivity index (χ1n) is 13.0. The van der Waals surface area contributed by atoms with Crippen LogP contribution in [0.25, 0.3) is 11.1 Å². The summed E-state index contributed by atoms with van der Waals surface area (Å²) in [7, 11) is 0. The zero-order valence-corrected chi connectivity index (χ0v) is 20.7. The van der Waals surface area contributed by atoms with E-state index in [0.29, 0.717) is 5.41 Å². The first kappa shape index (κ1) is 21.3. The van der Waals surface area contributed by atoms with Gasteiger partial charge in [-0.1, -0.05) is 66.2 Å². The van der Waals surface area contributed by atoms with Crippen molar-refractivity contribution in [1.29, 1.82) is 0 Å². The van der Waals surface area contributed by atoms with Crippen LogP contribution in [0.15, 0.2) is 103 Å². The van der Waals surface area contributed by atoms with Crippen molar-refractivity contribution in [2.75, 3.05) is 4.90 Å². The highest BCUT2D eigenvalue weighted by Gasteiger charge is 2.56. The van der Waals surface area contributed by atoms with Gasteiger partial charge in [-0.3, -0.25) is 0 Å². The van der Waals surface area contributed by atoms with E-state index in [0.717, 1.165) is 34.2 Å². The van der Waals surface area contributed by atoms with Gasteiger partial charge in [0.2, 0.25) is 0 Å². The molecule has 4 saturated carbocycles. The maximum Gasteiger partial charge on any atom is 0.0462 e. The van der Waals surface area contributed by atoms with Crippen molar-refractivity contribution < 1.29 is 0 Å². The van der Waals surface area contributed by atoms with Gasteiger partial charge < -0.3 is 4.90 Å². The summed E-state index contributed by atoms with van der Waals surface area (Å²) in [5.41, 5.74) is 7.93. The minimum Gasteiger partial charge on any atom is -0.311 e. The molecular weight excluding hydrogens is 446 g/mol. The fourth-order valence-electron chi connectivity index (χ4n) is 7.60. The summed E-state index contributed by atoms with van der Waals surface area (Å²) in [6.07, 6.45) is 7.22. The smallest absolute Gasteiger partial charge is 0.0462 e. The quantitative estimate of drug-likeness (QED) is 0.277. The number of nitrogens with zero attached hydrogens (tertiary/aromatic N) is 1. The summed E-state index contributed by atoms with van der Waals surface area (Å²) >= 11 is 6.24. The van der Waals surface area contributed by atoms with Gasteiger partial charge in [0.05, 0.1) is 0 Å². The molecule has 174 valence electrons. The van der Waals surface area contributed by atoms with Gasteiger partial charge in [0.15, 0.2) is 0 Å². The third kappa shape index (κ3) is 3.69. The summed E-state index contributed by atoms with van der Waals surface area (Å²) < 4.78 is 0. The molecule has 0 radical (unpaired) electrons. The molecule has 0 saturated heterocycles. The Morgan fingerprint density at radius 2 is 1.09 bits per heavy atom. The molecule has 0 aromatic heterocycles. The highest BCUT2D eigenvalue weighted by atomic mass is 35.5. The zero-order valence-electron chi connectivity index (χ0n) is 19.9. The maximum atomic E-state index is 6.24. The standard InChI is InChI=1S/C33H30ClN/c34-29-10-16-32(17-11-29)35(30-12-6-25(7-13-30)24-4-2-1-3-5-24)31-14-8-28(9-15-31)33-20-23-18-26(21-33)27(19-23)22-33/h1-17,23,26-27H,18-22H2.